The molecule has 1 rings (SSSR count). The van der Waals surface area contributed by atoms with Gasteiger partial charge in [-0.15, -0.1) is 0 Å². The Balaban J connectivity index is 3.34. The Bertz CT molecular complexity index is 325. The third-order valence-corrected chi connectivity index (χ3v) is 1.71. The molecule has 3 nitrogen and oxygen atoms in total. The molecule has 0 saturated heterocycles. The highest BCUT2D eigenvalue weighted by Crippen LogP contribution is 2.15. The Labute approximate surface area is 71.0 Å². The molecule has 0 amide bonds. The largest absolute Gasteiger partial charge is 0.496 e. The van der Waals surface area contributed by atoms with Gasteiger partial charge in [-0.3, -0.25) is 0 Å². The van der Waals surface area contributed by atoms with E-state index in [4.69, 9.17) is 9.15 Å². The fourth-order valence-corrected chi connectivity index (χ4v) is 1.11. The van der Waals surface area contributed by atoms with E-state index in [0.717, 1.165) is 0 Å². The maximum Gasteiger partial charge on any atom is 0.342 e. The summed E-state index contributed by atoms with van der Waals surface area (Å²) in [5.41, 5.74) is 0.303. The fraction of sp³-hybridized carbons (Fsp3) is 0.444. The Morgan fingerprint density at radius 2 is 2.25 bits per heavy atom. The van der Waals surface area contributed by atoms with Crippen molar-refractivity contribution in [2.45, 2.75) is 20.3 Å². The second kappa shape index (κ2) is 3.43. The highest BCUT2D eigenvalue weighted by atomic mass is 16.5. The second-order valence-electron chi connectivity index (χ2n) is 2.54. The van der Waals surface area contributed by atoms with E-state index in [9.17, 15) is 4.79 Å². The van der Waals surface area contributed by atoms with Crippen LogP contribution in [-0.2, 0) is 6.42 Å². The first-order chi connectivity index (χ1) is 5.69. The van der Waals surface area contributed by atoms with E-state index in [1.54, 1.807) is 20.1 Å². The van der Waals surface area contributed by atoms with Crippen molar-refractivity contribution in [1.82, 2.24) is 0 Å². The lowest BCUT2D eigenvalue weighted by Crippen LogP contribution is -2.09. The maximum absolute atomic E-state index is 11.2. The predicted octanol–water partition coefficient (Wildman–Crippen LogP) is 1.52. The van der Waals surface area contributed by atoms with Gasteiger partial charge in [0.15, 0.2) is 0 Å². The van der Waals surface area contributed by atoms with E-state index in [-0.39, 0.29) is 5.63 Å². The molecule has 1 heterocycles. The summed E-state index contributed by atoms with van der Waals surface area (Å²) >= 11 is 0. The molecular formula is C9H12O3. The molecule has 1 aromatic heterocycles. The molecule has 0 unspecified atom stereocenters. The van der Waals surface area contributed by atoms with Gasteiger partial charge >= 0.3 is 5.63 Å². The Kier molecular flexibility index (Phi) is 2.53. The normalized spacial score (nSPS) is 9.92. The summed E-state index contributed by atoms with van der Waals surface area (Å²) in [5.74, 6) is 1.19. The second-order valence-corrected chi connectivity index (χ2v) is 2.54. The number of ether oxygens (including phenoxy) is 1. The van der Waals surface area contributed by atoms with Crippen LogP contribution >= 0.6 is 0 Å². The average molecular weight is 168 g/mol. The van der Waals surface area contributed by atoms with Gasteiger partial charge in [0.05, 0.1) is 12.7 Å². The van der Waals surface area contributed by atoms with Gasteiger partial charge in [0.25, 0.3) is 0 Å². The Morgan fingerprint density at radius 3 is 2.75 bits per heavy atom. The number of hydrogen-bond donors (Lipinski definition) is 0. The predicted molar refractivity (Wildman–Crippen MR) is 45.6 cm³/mol. The van der Waals surface area contributed by atoms with Crippen molar-refractivity contribution in [2.75, 3.05) is 7.11 Å². The summed E-state index contributed by atoms with van der Waals surface area (Å²) in [4.78, 5) is 11.2. The Morgan fingerprint density at radius 1 is 1.58 bits per heavy atom. The molecule has 3 heteroatoms. The third-order valence-electron chi connectivity index (χ3n) is 1.71. The van der Waals surface area contributed by atoms with Crippen LogP contribution in [0.25, 0.3) is 0 Å². The van der Waals surface area contributed by atoms with E-state index in [0.29, 0.717) is 23.5 Å². The van der Waals surface area contributed by atoms with E-state index < -0.39 is 0 Å². The minimum absolute atomic E-state index is 0.297. The zero-order valence-corrected chi connectivity index (χ0v) is 7.51. The summed E-state index contributed by atoms with van der Waals surface area (Å²) in [6.07, 6.45) is 0.631. The molecule has 0 radical (unpaired) electrons. The molecule has 0 spiro atoms. The van der Waals surface area contributed by atoms with Crippen LogP contribution in [0.1, 0.15) is 18.2 Å². The van der Waals surface area contributed by atoms with Crippen molar-refractivity contribution in [1.29, 1.82) is 0 Å². The standard InChI is InChI=1S/C9H12O3/c1-4-7-8(11-3)5-6(2)12-9(7)10/h5H,4H2,1-3H3. The van der Waals surface area contributed by atoms with E-state index in [1.807, 2.05) is 6.92 Å². The molecule has 0 aliphatic heterocycles. The third kappa shape index (κ3) is 1.49. The highest BCUT2D eigenvalue weighted by molar-refractivity contribution is 5.30. The number of rotatable bonds is 2. The zero-order valence-electron chi connectivity index (χ0n) is 7.51. The number of aryl methyl sites for hydroxylation is 1. The first kappa shape index (κ1) is 8.84. The lowest BCUT2D eigenvalue weighted by Gasteiger charge is -2.04. The monoisotopic (exact) mass is 168 g/mol. The van der Waals surface area contributed by atoms with Gasteiger partial charge in [-0.25, -0.2) is 4.79 Å². The van der Waals surface area contributed by atoms with Crippen molar-refractivity contribution in [3.63, 3.8) is 0 Å². The van der Waals surface area contributed by atoms with E-state index in [2.05, 4.69) is 0 Å². The van der Waals surface area contributed by atoms with Gasteiger partial charge in [0.1, 0.15) is 11.5 Å². The molecule has 0 aliphatic rings. The van der Waals surface area contributed by atoms with Gasteiger partial charge in [-0.2, -0.15) is 0 Å². The molecule has 0 fully saturated rings. The van der Waals surface area contributed by atoms with Crippen molar-refractivity contribution in [3.8, 4) is 5.75 Å². The minimum Gasteiger partial charge on any atom is -0.496 e. The molecule has 0 bridgehead atoms. The topological polar surface area (TPSA) is 39.4 Å². The molecule has 0 aliphatic carbocycles. The van der Waals surface area contributed by atoms with Gasteiger partial charge in [-0.1, -0.05) is 6.92 Å². The van der Waals surface area contributed by atoms with Crippen molar-refractivity contribution < 1.29 is 9.15 Å². The van der Waals surface area contributed by atoms with Gasteiger partial charge in [0.2, 0.25) is 0 Å². The average Bonchev–Trinajstić information content (AvgIpc) is 2.03. The van der Waals surface area contributed by atoms with Crippen molar-refractivity contribution in [3.05, 3.63) is 27.8 Å². The first-order valence-corrected chi connectivity index (χ1v) is 3.86. The molecule has 1 aromatic rings. The fourth-order valence-electron chi connectivity index (χ4n) is 1.11. The number of hydrogen-bond acceptors (Lipinski definition) is 3. The summed E-state index contributed by atoms with van der Waals surface area (Å²) in [5, 5.41) is 0. The highest BCUT2D eigenvalue weighted by Gasteiger charge is 2.07. The lowest BCUT2D eigenvalue weighted by molar-refractivity contribution is 0.389. The van der Waals surface area contributed by atoms with E-state index >= 15 is 0 Å². The van der Waals surface area contributed by atoms with Crippen LogP contribution < -0.4 is 10.4 Å². The molecular weight excluding hydrogens is 156 g/mol. The molecule has 0 atom stereocenters. The molecule has 0 saturated carbocycles. The summed E-state index contributed by atoms with van der Waals surface area (Å²) in [6.45, 7) is 3.62. The first-order valence-electron chi connectivity index (χ1n) is 3.86. The Hall–Kier alpha value is -1.25. The van der Waals surface area contributed by atoms with Gasteiger partial charge in [-0.05, 0) is 13.3 Å². The smallest absolute Gasteiger partial charge is 0.342 e. The lowest BCUT2D eigenvalue weighted by atomic mass is 10.2. The van der Waals surface area contributed by atoms with Crippen LogP contribution in [0.5, 0.6) is 5.75 Å². The number of methoxy groups -OCH3 is 1. The van der Waals surface area contributed by atoms with Crippen molar-refractivity contribution >= 4 is 0 Å². The summed E-state index contributed by atoms with van der Waals surface area (Å²) < 4.78 is 9.94. The quantitative estimate of drug-likeness (QED) is 0.672. The molecule has 0 aromatic carbocycles. The van der Waals surface area contributed by atoms with Gasteiger partial charge in [0, 0.05) is 6.07 Å². The molecule has 0 N–H and O–H groups in total. The molecule has 12 heavy (non-hydrogen) atoms. The van der Waals surface area contributed by atoms with Crippen LogP contribution in [0, 0.1) is 6.92 Å². The van der Waals surface area contributed by atoms with Crippen LogP contribution in [0.2, 0.25) is 0 Å². The maximum atomic E-state index is 11.2. The minimum atomic E-state index is -0.297. The van der Waals surface area contributed by atoms with Crippen LogP contribution in [-0.4, -0.2) is 7.11 Å². The van der Waals surface area contributed by atoms with Crippen LogP contribution in [0.3, 0.4) is 0 Å². The van der Waals surface area contributed by atoms with Crippen LogP contribution in [0.4, 0.5) is 0 Å². The molecule has 66 valence electrons. The van der Waals surface area contributed by atoms with E-state index in [1.165, 1.54) is 0 Å². The zero-order chi connectivity index (χ0) is 9.14. The SMILES string of the molecule is CCc1c(OC)cc(C)oc1=O. The van der Waals surface area contributed by atoms with Crippen LogP contribution in [0.15, 0.2) is 15.3 Å². The summed E-state index contributed by atoms with van der Waals surface area (Å²) in [6, 6.07) is 1.72. The summed E-state index contributed by atoms with van der Waals surface area (Å²) in [7, 11) is 1.55. The van der Waals surface area contributed by atoms with Crippen molar-refractivity contribution in [2.24, 2.45) is 0 Å². The van der Waals surface area contributed by atoms with Gasteiger partial charge < -0.3 is 9.15 Å².